The first-order chi connectivity index (χ1) is 8.54. The van der Waals surface area contributed by atoms with Gasteiger partial charge in [-0.1, -0.05) is 0 Å². The first-order valence-electron chi connectivity index (χ1n) is 5.30. The molecule has 0 amide bonds. The third kappa shape index (κ3) is 2.91. The lowest BCUT2D eigenvalue weighted by atomic mass is 10.1. The molecule has 2 aromatic rings. The fourth-order valence-electron chi connectivity index (χ4n) is 1.63. The lowest BCUT2D eigenvalue weighted by Gasteiger charge is -2.02. The average molecular weight is 252 g/mol. The number of hydrogen-bond donors (Lipinski definition) is 2. The van der Waals surface area contributed by atoms with E-state index in [0.29, 0.717) is 24.1 Å². The molecule has 0 aliphatic rings. The van der Waals surface area contributed by atoms with Gasteiger partial charge in [-0.25, -0.2) is 8.78 Å². The number of aromatic amines is 2. The molecule has 0 fully saturated rings. The molecule has 2 rings (SSSR count). The number of hydrogen-bond acceptors (Lipinski definition) is 2. The van der Waals surface area contributed by atoms with Gasteiger partial charge in [0.15, 0.2) is 0 Å². The summed E-state index contributed by atoms with van der Waals surface area (Å²) in [6, 6.07) is 3.26. The van der Waals surface area contributed by atoms with E-state index in [9.17, 15) is 18.4 Å². The van der Waals surface area contributed by atoms with Gasteiger partial charge in [0.2, 0.25) is 0 Å². The second kappa shape index (κ2) is 4.95. The van der Waals surface area contributed by atoms with Crippen molar-refractivity contribution in [3.05, 3.63) is 68.0 Å². The summed E-state index contributed by atoms with van der Waals surface area (Å²) in [6.07, 6.45) is 2.10. The maximum atomic E-state index is 12.9. The van der Waals surface area contributed by atoms with Crippen LogP contribution in [0.4, 0.5) is 8.78 Å². The molecule has 0 aliphatic heterocycles. The summed E-state index contributed by atoms with van der Waals surface area (Å²) >= 11 is 0. The fourth-order valence-corrected chi connectivity index (χ4v) is 1.63. The van der Waals surface area contributed by atoms with Crippen LogP contribution < -0.4 is 11.1 Å². The van der Waals surface area contributed by atoms with E-state index < -0.39 is 22.8 Å². The second-order valence-corrected chi connectivity index (χ2v) is 3.87. The van der Waals surface area contributed by atoms with Crippen LogP contribution in [0.3, 0.4) is 0 Å². The Morgan fingerprint density at radius 2 is 1.61 bits per heavy atom. The highest BCUT2D eigenvalue weighted by atomic mass is 19.1. The fraction of sp³-hybridized carbons (Fsp3) is 0.167. The van der Waals surface area contributed by atoms with Crippen molar-refractivity contribution in [2.45, 2.75) is 12.8 Å². The number of benzene rings is 1. The maximum Gasteiger partial charge on any atom is 0.313 e. The van der Waals surface area contributed by atoms with Gasteiger partial charge in [-0.2, -0.15) is 0 Å². The van der Waals surface area contributed by atoms with Gasteiger partial charge in [0, 0.05) is 18.0 Å². The van der Waals surface area contributed by atoms with Crippen LogP contribution in [0.5, 0.6) is 0 Å². The lowest BCUT2D eigenvalue weighted by molar-refractivity contribution is 0.579. The predicted molar refractivity (Wildman–Crippen MR) is 61.4 cm³/mol. The molecule has 1 aromatic heterocycles. The molecule has 0 atom stereocenters. The molecule has 94 valence electrons. The SMILES string of the molecule is O=c1[nH]cc(CCc2cc(F)cc(F)c2)[nH]c1=O. The van der Waals surface area contributed by atoms with Crippen molar-refractivity contribution < 1.29 is 8.78 Å². The average Bonchev–Trinajstić information content (AvgIpc) is 2.29. The molecule has 2 N–H and O–H groups in total. The number of halogens is 2. The third-order valence-corrected chi connectivity index (χ3v) is 2.46. The molecule has 0 saturated carbocycles. The van der Waals surface area contributed by atoms with E-state index in [1.807, 2.05) is 0 Å². The van der Waals surface area contributed by atoms with Crippen molar-refractivity contribution in [1.29, 1.82) is 0 Å². The molecule has 0 unspecified atom stereocenters. The van der Waals surface area contributed by atoms with Gasteiger partial charge in [0.05, 0.1) is 0 Å². The lowest BCUT2D eigenvalue weighted by Crippen LogP contribution is -2.29. The zero-order valence-corrected chi connectivity index (χ0v) is 9.30. The quantitative estimate of drug-likeness (QED) is 0.804. The van der Waals surface area contributed by atoms with E-state index >= 15 is 0 Å². The van der Waals surface area contributed by atoms with Crippen LogP contribution in [-0.4, -0.2) is 9.97 Å². The molecule has 0 saturated heterocycles. The van der Waals surface area contributed by atoms with Crippen molar-refractivity contribution in [3.8, 4) is 0 Å². The van der Waals surface area contributed by atoms with Gasteiger partial charge in [-0.15, -0.1) is 0 Å². The molecule has 0 aliphatic carbocycles. The van der Waals surface area contributed by atoms with E-state index in [0.717, 1.165) is 6.07 Å². The van der Waals surface area contributed by atoms with Crippen LogP contribution in [0.25, 0.3) is 0 Å². The standard InChI is InChI=1S/C12H10F2N2O2/c13-8-3-7(4-9(14)5-8)1-2-10-6-15-11(17)12(18)16-10/h3-6H,1-2H2,(H,15,17)(H,16,18). The van der Waals surface area contributed by atoms with Crippen LogP contribution >= 0.6 is 0 Å². The summed E-state index contributed by atoms with van der Waals surface area (Å²) in [7, 11) is 0. The van der Waals surface area contributed by atoms with Crippen LogP contribution in [-0.2, 0) is 12.8 Å². The minimum absolute atomic E-state index is 0.358. The third-order valence-electron chi connectivity index (χ3n) is 2.46. The molecule has 4 nitrogen and oxygen atoms in total. The van der Waals surface area contributed by atoms with Crippen molar-refractivity contribution in [2.24, 2.45) is 0 Å². The Balaban J connectivity index is 2.13. The van der Waals surface area contributed by atoms with Crippen LogP contribution in [0.15, 0.2) is 34.0 Å². The molecule has 0 bridgehead atoms. The smallest absolute Gasteiger partial charge is 0.313 e. The van der Waals surface area contributed by atoms with Gasteiger partial charge in [-0.05, 0) is 30.5 Å². The van der Waals surface area contributed by atoms with Crippen molar-refractivity contribution >= 4 is 0 Å². The zero-order chi connectivity index (χ0) is 13.1. The second-order valence-electron chi connectivity index (χ2n) is 3.87. The van der Waals surface area contributed by atoms with Crippen LogP contribution in [0.1, 0.15) is 11.3 Å². The largest absolute Gasteiger partial charge is 0.323 e. The van der Waals surface area contributed by atoms with E-state index in [2.05, 4.69) is 9.97 Å². The Labute approximate surface area is 100 Å². The molecular weight excluding hydrogens is 242 g/mol. The van der Waals surface area contributed by atoms with Gasteiger partial charge >= 0.3 is 11.1 Å². The normalized spacial score (nSPS) is 10.6. The summed E-state index contributed by atoms with van der Waals surface area (Å²) in [5, 5.41) is 0. The van der Waals surface area contributed by atoms with E-state index in [4.69, 9.17) is 0 Å². The Morgan fingerprint density at radius 1 is 0.944 bits per heavy atom. The molecule has 1 aromatic carbocycles. The summed E-state index contributed by atoms with van der Waals surface area (Å²) in [4.78, 5) is 26.5. The Morgan fingerprint density at radius 3 is 2.22 bits per heavy atom. The minimum Gasteiger partial charge on any atom is -0.323 e. The summed E-state index contributed by atoms with van der Waals surface area (Å²) in [5.41, 5.74) is -0.475. The van der Waals surface area contributed by atoms with Gasteiger partial charge in [0.25, 0.3) is 0 Å². The van der Waals surface area contributed by atoms with Crippen molar-refractivity contribution in [3.63, 3.8) is 0 Å². The number of aryl methyl sites for hydroxylation is 2. The number of aromatic nitrogens is 2. The number of rotatable bonds is 3. The summed E-state index contributed by atoms with van der Waals surface area (Å²) in [6.45, 7) is 0. The highest BCUT2D eigenvalue weighted by molar-refractivity contribution is 5.19. The van der Waals surface area contributed by atoms with E-state index in [1.165, 1.54) is 18.3 Å². The Hall–Kier alpha value is -2.24. The first-order valence-corrected chi connectivity index (χ1v) is 5.30. The van der Waals surface area contributed by atoms with E-state index in [-0.39, 0.29) is 0 Å². The highest BCUT2D eigenvalue weighted by Gasteiger charge is 2.02. The molecule has 0 spiro atoms. The molecule has 6 heteroatoms. The molecular formula is C12H10F2N2O2. The van der Waals surface area contributed by atoms with Gasteiger partial charge in [0.1, 0.15) is 11.6 Å². The van der Waals surface area contributed by atoms with Gasteiger partial charge < -0.3 is 9.97 Å². The topological polar surface area (TPSA) is 65.7 Å². The predicted octanol–water partition coefficient (Wildman–Crippen LogP) is 1.13. The monoisotopic (exact) mass is 252 g/mol. The van der Waals surface area contributed by atoms with Gasteiger partial charge in [-0.3, -0.25) is 9.59 Å². The Bertz CT molecular complexity index is 656. The zero-order valence-electron chi connectivity index (χ0n) is 9.30. The number of H-pyrrole nitrogens is 2. The van der Waals surface area contributed by atoms with E-state index in [1.54, 1.807) is 0 Å². The van der Waals surface area contributed by atoms with Crippen LogP contribution in [0.2, 0.25) is 0 Å². The molecule has 0 radical (unpaired) electrons. The summed E-state index contributed by atoms with van der Waals surface area (Å²) < 4.78 is 25.9. The van der Waals surface area contributed by atoms with Crippen molar-refractivity contribution in [1.82, 2.24) is 9.97 Å². The summed E-state index contributed by atoms with van der Waals surface area (Å²) in [5.74, 6) is -1.28. The minimum atomic E-state index is -0.738. The first kappa shape index (κ1) is 12.2. The maximum absolute atomic E-state index is 12.9. The molecule has 18 heavy (non-hydrogen) atoms. The van der Waals surface area contributed by atoms with Crippen molar-refractivity contribution in [2.75, 3.05) is 0 Å². The Kier molecular flexibility index (Phi) is 3.36. The molecule has 1 heterocycles. The number of nitrogens with one attached hydrogen (secondary N) is 2. The highest BCUT2D eigenvalue weighted by Crippen LogP contribution is 2.10. The van der Waals surface area contributed by atoms with Crippen LogP contribution in [0, 0.1) is 11.6 Å².